The van der Waals surface area contributed by atoms with E-state index in [4.69, 9.17) is 11.6 Å². The molecular weight excluding hydrogens is 424 g/mol. The molecule has 1 heterocycles. The van der Waals surface area contributed by atoms with E-state index in [1.165, 1.54) is 40.9 Å². The number of imide groups is 1. The lowest BCUT2D eigenvalue weighted by Crippen LogP contribution is -2.32. The van der Waals surface area contributed by atoms with Gasteiger partial charge in [0, 0.05) is 28.6 Å². The number of non-ortho nitro benzene ring substituents is 1. The topological polar surface area (TPSA) is 80.5 Å². The number of unbranched alkanes of at least 4 members (excludes halogenated alkanes) is 3. The van der Waals surface area contributed by atoms with E-state index in [9.17, 15) is 19.7 Å². The number of hydrogen-bond donors (Lipinski definition) is 0. The van der Waals surface area contributed by atoms with Crippen molar-refractivity contribution in [3.63, 3.8) is 0 Å². The molecule has 1 aliphatic heterocycles. The summed E-state index contributed by atoms with van der Waals surface area (Å²) in [6, 6.07) is 12.7. The number of thioether (sulfide) groups is 1. The van der Waals surface area contributed by atoms with Gasteiger partial charge < -0.3 is 0 Å². The maximum atomic E-state index is 13.1. The highest BCUT2D eigenvalue weighted by atomic mass is 35.5. The molecule has 6 nitrogen and oxygen atoms in total. The summed E-state index contributed by atoms with van der Waals surface area (Å²) in [7, 11) is 0. The molecule has 0 atom stereocenters. The van der Waals surface area contributed by atoms with Crippen molar-refractivity contribution in [2.45, 2.75) is 37.5 Å². The SMILES string of the molecule is CCCCCCN1C(=O)C(Sc2ccc(Cl)cc2)=C(c2ccc([N+](=O)[O-])cc2)C1=O. The Hall–Kier alpha value is -2.64. The third-order valence-corrected chi connectivity index (χ3v) is 6.10. The van der Waals surface area contributed by atoms with Crippen molar-refractivity contribution in [3.8, 4) is 0 Å². The molecule has 0 saturated carbocycles. The number of benzene rings is 2. The van der Waals surface area contributed by atoms with E-state index >= 15 is 0 Å². The van der Waals surface area contributed by atoms with Gasteiger partial charge in [0.15, 0.2) is 0 Å². The number of halogens is 1. The summed E-state index contributed by atoms with van der Waals surface area (Å²) in [5.41, 5.74) is 0.705. The molecule has 156 valence electrons. The van der Waals surface area contributed by atoms with Crippen LogP contribution in [-0.2, 0) is 9.59 Å². The van der Waals surface area contributed by atoms with Crippen LogP contribution in [0.2, 0.25) is 5.02 Å². The highest BCUT2D eigenvalue weighted by Crippen LogP contribution is 2.40. The lowest BCUT2D eigenvalue weighted by molar-refractivity contribution is -0.384. The van der Waals surface area contributed by atoms with Crippen LogP contribution in [0.1, 0.15) is 38.2 Å². The zero-order valence-corrected chi connectivity index (χ0v) is 18.0. The van der Waals surface area contributed by atoms with Crippen LogP contribution in [0.25, 0.3) is 5.57 Å². The van der Waals surface area contributed by atoms with E-state index in [0.717, 1.165) is 30.6 Å². The fraction of sp³-hybridized carbons (Fsp3) is 0.273. The second-order valence-electron chi connectivity index (χ2n) is 6.89. The third-order valence-electron chi connectivity index (χ3n) is 4.76. The van der Waals surface area contributed by atoms with Crippen LogP contribution < -0.4 is 0 Å². The van der Waals surface area contributed by atoms with Gasteiger partial charge in [0.25, 0.3) is 17.5 Å². The van der Waals surface area contributed by atoms with E-state index in [0.29, 0.717) is 22.0 Å². The Balaban J connectivity index is 1.94. The van der Waals surface area contributed by atoms with Crippen molar-refractivity contribution in [1.82, 2.24) is 4.90 Å². The molecule has 8 heteroatoms. The Kier molecular flexibility index (Phi) is 7.29. The molecule has 0 radical (unpaired) electrons. The molecule has 2 aromatic carbocycles. The van der Waals surface area contributed by atoms with E-state index in [1.807, 2.05) is 0 Å². The Morgan fingerprint density at radius 2 is 1.63 bits per heavy atom. The second kappa shape index (κ2) is 9.91. The maximum Gasteiger partial charge on any atom is 0.269 e. The molecule has 0 N–H and O–H groups in total. The first kappa shape index (κ1) is 22.1. The molecule has 3 rings (SSSR count). The summed E-state index contributed by atoms with van der Waals surface area (Å²) in [6.45, 7) is 2.46. The molecular formula is C22H21ClN2O4S. The van der Waals surface area contributed by atoms with Crippen molar-refractivity contribution in [2.24, 2.45) is 0 Å². The fourth-order valence-electron chi connectivity index (χ4n) is 3.17. The Morgan fingerprint density at radius 1 is 0.967 bits per heavy atom. The fourth-order valence-corrected chi connectivity index (χ4v) is 4.31. The minimum Gasteiger partial charge on any atom is -0.274 e. The quantitative estimate of drug-likeness (QED) is 0.214. The minimum absolute atomic E-state index is 0.0700. The van der Waals surface area contributed by atoms with Crippen LogP contribution in [0.4, 0.5) is 5.69 Å². The highest BCUT2D eigenvalue weighted by Gasteiger charge is 2.39. The monoisotopic (exact) mass is 444 g/mol. The van der Waals surface area contributed by atoms with E-state index in [2.05, 4.69) is 6.92 Å². The lowest BCUT2D eigenvalue weighted by atomic mass is 10.1. The van der Waals surface area contributed by atoms with E-state index in [1.54, 1.807) is 24.3 Å². The minimum atomic E-state index is -0.497. The van der Waals surface area contributed by atoms with E-state index < -0.39 is 4.92 Å². The summed E-state index contributed by atoms with van der Waals surface area (Å²) < 4.78 is 0. The Morgan fingerprint density at radius 3 is 2.23 bits per heavy atom. The average molecular weight is 445 g/mol. The molecule has 1 aliphatic rings. The third kappa shape index (κ3) is 4.91. The first-order chi connectivity index (χ1) is 14.4. The summed E-state index contributed by atoms with van der Waals surface area (Å²) >= 11 is 7.15. The first-order valence-corrected chi connectivity index (χ1v) is 10.9. The zero-order chi connectivity index (χ0) is 21.7. The first-order valence-electron chi connectivity index (χ1n) is 9.71. The van der Waals surface area contributed by atoms with Crippen molar-refractivity contribution in [3.05, 3.63) is 74.1 Å². The van der Waals surface area contributed by atoms with Crippen LogP contribution in [0.3, 0.4) is 0 Å². The molecule has 0 aliphatic carbocycles. The largest absolute Gasteiger partial charge is 0.274 e. The van der Waals surface area contributed by atoms with Crippen molar-refractivity contribution >= 4 is 46.4 Å². The van der Waals surface area contributed by atoms with Crippen molar-refractivity contribution in [2.75, 3.05) is 6.54 Å². The summed E-state index contributed by atoms with van der Waals surface area (Å²) in [5, 5.41) is 11.5. The number of carbonyl (C=O) groups excluding carboxylic acids is 2. The molecule has 30 heavy (non-hydrogen) atoms. The van der Waals surface area contributed by atoms with Crippen LogP contribution in [0, 0.1) is 10.1 Å². The Bertz CT molecular complexity index is 987. The number of rotatable bonds is 9. The van der Waals surface area contributed by atoms with Gasteiger partial charge in [0.2, 0.25) is 0 Å². The molecule has 0 aromatic heterocycles. The number of nitro groups is 1. The van der Waals surface area contributed by atoms with Gasteiger partial charge in [-0.1, -0.05) is 49.5 Å². The summed E-state index contributed by atoms with van der Waals surface area (Å²) in [5.74, 6) is -0.688. The van der Waals surface area contributed by atoms with E-state index in [-0.39, 0.29) is 23.1 Å². The predicted octanol–water partition coefficient (Wildman–Crippen LogP) is 5.70. The average Bonchev–Trinajstić information content (AvgIpc) is 2.96. The second-order valence-corrected chi connectivity index (χ2v) is 8.41. The van der Waals surface area contributed by atoms with Gasteiger partial charge in [-0.2, -0.15) is 0 Å². The number of hydrogen-bond acceptors (Lipinski definition) is 5. The van der Waals surface area contributed by atoms with Gasteiger partial charge in [-0.25, -0.2) is 0 Å². The standard InChI is InChI=1S/C22H21ClN2O4S/c1-2-3-4-5-14-24-21(26)19(15-6-10-17(11-7-15)25(28)29)20(22(24)27)30-18-12-8-16(23)9-13-18/h6-13H,2-5,14H2,1H3. The smallest absolute Gasteiger partial charge is 0.269 e. The van der Waals surface area contributed by atoms with Crippen LogP contribution >= 0.6 is 23.4 Å². The molecule has 2 aromatic rings. The van der Waals surface area contributed by atoms with Gasteiger partial charge in [-0.15, -0.1) is 0 Å². The zero-order valence-electron chi connectivity index (χ0n) is 16.5. The number of amides is 2. The van der Waals surface area contributed by atoms with Gasteiger partial charge in [-0.3, -0.25) is 24.6 Å². The highest BCUT2D eigenvalue weighted by molar-refractivity contribution is 8.04. The van der Waals surface area contributed by atoms with Crippen LogP contribution in [0.15, 0.2) is 58.3 Å². The number of carbonyl (C=O) groups is 2. The Labute approximate surface area is 184 Å². The molecule has 0 unspecified atom stereocenters. The lowest BCUT2D eigenvalue weighted by Gasteiger charge is -2.14. The van der Waals surface area contributed by atoms with Gasteiger partial charge in [0.05, 0.1) is 15.4 Å². The van der Waals surface area contributed by atoms with Gasteiger partial charge >= 0.3 is 0 Å². The predicted molar refractivity (Wildman–Crippen MR) is 118 cm³/mol. The molecule has 0 saturated heterocycles. The maximum absolute atomic E-state index is 13.1. The van der Waals surface area contributed by atoms with Gasteiger partial charge in [0.1, 0.15) is 0 Å². The van der Waals surface area contributed by atoms with Crippen molar-refractivity contribution < 1.29 is 14.5 Å². The molecule has 2 amide bonds. The van der Waals surface area contributed by atoms with Crippen molar-refractivity contribution in [1.29, 1.82) is 0 Å². The summed E-state index contributed by atoms with van der Waals surface area (Å²) in [4.78, 5) is 39.1. The number of nitro benzene ring substituents is 1. The number of nitrogens with zero attached hydrogens (tertiary/aromatic N) is 2. The van der Waals surface area contributed by atoms with Gasteiger partial charge in [-0.05, 0) is 48.4 Å². The van der Waals surface area contributed by atoms with Crippen LogP contribution in [-0.4, -0.2) is 28.2 Å². The van der Waals surface area contributed by atoms with Crippen LogP contribution in [0.5, 0.6) is 0 Å². The normalized spacial score (nSPS) is 14.0. The summed E-state index contributed by atoms with van der Waals surface area (Å²) in [6.07, 6.45) is 3.80. The molecule has 0 fully saturated rings. The molecule has 0 bridgehead atoms. The molecule has 0 spiro atoms.